The first-order chi connectivity index (χ1) is 13.4. The number of nitrogens with one attached hydrogen (secondary N) is 1. The van der Waals surface area contributed by atoms with Crippen molar-refractivity contribution < 1.29 is 22.6 Å². The Morgan fingerprint density at radius 2 is 1.64 bits per heavy atom. The Labute approximate surface area is 165 Å². The number of fused-ring (bicyclic) bond motifs is 1. The number of rotatable bonds is 4. The molecular weight excluding hydrogens is 396 g/mol. The number of allylic oxidation sites excluding steroid dienone is 2. The van der Waals surface area contributed by atoms with E-state index in [4.69, 9.17) is 0 Å². The summed E-state index contributed by atoms with van der Waals surface area (Å²) in [5.41, 5.74) is 0.999. The molecule has 140 valence electrons. The summed E-state index contributed by atoms with van der Waals surface area (Å²) in [5.74, 6) is -0.964. The summed E-state index contributed by atoms with van der Waals surface area (Å²) in [5, 5.41) is 1.63. The Kier molecular flexibility index (Phi) is 4.44. The SMILES string of the molecule is Cc1ccc[n+](C2=C(NS(=O)(=O)c3cccs3)C(=O)c3ccccc3C2=O)c1. The molecule has 0 spiro atoms. The zero-order valence-electron chi connectivity index (χ0n) is 14.7. The van der Waals surface area contributed by atoms with Crippen molar-refractivity contribution in [1.29, 1.82) is 0 Å². The average molecular weight is 411 g/mol. The molecule has 0 atom stereocenters. The second-order valence-corrected chi connectivity index (χ2v) is 9.11. The molecule has 8 heteroatoms. The van der Waals surface area contributed by atoms with E-state index in [0.717, 1.165) is 16.9 Å². The van der Waals surface area contributed by atoms with E-state index < -0.39 is 21.6 Å². The third-order valence-corrected chi connectivity index (χ3v) is 7.05. The van der Waals surface area contributed by atoms with E-state index in [1.807, 2.05) is 13.0 Å². The Hall–Kier alpha value is -3.10. The van der Waals surface area contributed by atoms with Gasteiger partial charge >= 0.3 is 0 Å². The Bertz CT molecular complexity index is 1240. The summed E-state index contributed by atoms with van der Waals surface area (Å²) >= 11 is 1.03. The molecule has 2 aromatic heterocycles. The van der Waals surface area contributed by atoms with Crippen LogP contribution >= 0.6 is 11.3 Å². The molecular formula is C20H15N2O4S2+. The number of aromatic nitrogens is 1. The van der Waals surface area contributed by atoms with Gasteiger partial charge in [0.25, 0.3) is 21.5 Å². The number of hydrogen-bond donors (Lipinski definition) is 1. The molecule has 0 radical (unpaired) electrons. The lowest BCUT2D eigenvalue weighted by molar-refractivity contribution is -0.577. The molecule has 0 aliphatic heterocycles. The number of carbonyl (C=O) groups is 2. The van der Waals surface area contributed by atoms with E-state index in [9.17, 15) is 18.0 Å². The van der Waals surface area contributed by atoms with E-state index in [1.54, 1.807) is 48.1 Å². The molecule has 6 nitrogen and oxygen atoms in total. The van der Waals surface area contributed by atoms with Crippen LogP contribution in [0.4, 0.5) is 0 Å². The minimum absolute atomic E-state index is 0.0208. The highest BCUT2D eigenvalue weighted by Crippen LogP contribution is 2.27. The van der Waals surface area contributed by atoms with Crippen molar-refractivity contribution in [2.45, 2.75) is 11.1 Å². The van der Waals surface area contributed by atoms with E-state index in [1.165, 1.54) is 16.7 Å². The first-order valence-corrected chi connectivity index (χ1v) is 10.7. The summed E-state index contributed by atoms with van der Waals surface area (Å²) in [4.78, 5) is 26.3. The highest BCUT2D eigenvalue weighted by atomic mass is 32.2. The number of nitrogens with zero attached hydrogens (tertiary/aromatic N) is 1. The van der Waals surface area contributed by atoms with Crippen LogP contribution in [0.25, 0.3) is 5.70 Å². The van der Waals surface area contributed by atoms with Crippen LogP contribution in [0.15, 0.2) is 76.2 Å². The topological polar surface area (TPSA) is 84.2 Å². The lowest BCUT2D eigenvalue weighted by Gasteiger charge is -2.18. The highest BCUT2D eigenvalue weighted by molar-refractivity contribution is 7.91. The predicted molar refractivity (Wildman–Crippen MR) is 104 cm³/mol. The maximum atomic E-state index is 13.2. The van der Waals surface area contributed by atoms with Crippen LogP contribution in [0.3, 0.4) is 0 Å². The van der Waals surface area contributed by atoms with Gasteiger partial charge in [-0.1, -0.05) is 30.3 Å². The molecule has 0 saturated carbocycles. The summed E-state index contributed by atoms with van der Waals surface area (Å²) in [6.07, 6.45) is 3.29. The monoisotopic (exact) mass is 411 g/mol. The largest absolute Gasteiger partial charge is 0.287 e. The number of pyridine rings is 1. The molecule has 1 aliphatic rings. The quantitative estimate of drug-likeness (QED) is 0.669. The Morgan fingerprint density at radius 3 is 2.29 bits per heavy atom. The van der Waals surface area contributed by atoms with Gasteiger partial charge in [-0.15, -0.1) is 11.3 Å². The van der Waals surface area contributed by atoms with Gasteiger partial charge in [0.1, 0.15) is 4.21 Å². The maximum absolute atomic E-state index is 13.2. The van der Waals surface area contributed by atoms with Gasteiger partial charge in [0.2, 0.25) is 5.78 Å². The fourth-order valence-electron chi connectivity index (χ4n) is 3.04. The number of sulfonamides is 1. The second-order valence-electron chi connectivity index (χ2n) is 6.25. The number of aryl methyl sites for hydroxylation is 1. The van der Waals surface area contributed by atoms with Crippen molar-refractivity contribution >= 4 is 38.6 Å². The van der Waals surface area contributed by atoms with Crippen LogP contribution in [0.2, 0.25) is 0 Å². The predicted octanol–water partition coefficient (Wildman–Crippen LogP) is 2.57. The summed E-state index contributed by atoms with van der Waals surface area (Å²) in [6, 6.07) is 13.0. The zero-order chi connectivity index (χ0) is 19.9. The molecule has 0 saturated heterocycles. The number of ketones is 2. The summed E-state index contributed by atoms with van der Waals surface area (Å²) in [6.45, 7) is 1.84. The Balaban J connectivity index is 1.95. The van der Waals surface area contributed by atoms with Crippen molar-refractivity contribution in [3.05, 3.63) is 88.7 Å². The van der Waals surface area contributed by atoms with Gasteiger partial charge < -0.3 is 0 Å². The van der Waals surface area contributed by atoms with Gasteiger partial charge in [0.15, 0.2) is 18.1 Å². The van der Waals surface area contributed by atoms with Crippen LogP contribution in [0, 0.1) is 6.92 Å². The van der Waals surface area contributed by atoms with Crippen molar-refractivity contribution in [2.24, 2.45) is 0 Å². The first kappa shape index (κ1) is 18.3. The van der Waals surface area contributed by atoms with Gasteiger partial charge in [-0.2, -0.15) is 4.57 Å². The van der Waals surface area contributed by atoms with E-state index in [0.29, 0.717) is 0 Å². The third kappa shape index (κ3) is 3.06. The fourth-order valence-corrected chi connectivity index (χ4v) is 5.10. The van der Waals surface area contributed by atoms with Crippen molar-refractivity contribution in [3.63, 3.8) is 0 Å². The lowest BCUT2D eigenvalue weighted by atomic mass is 9.90. The molecule has 0 fully saturated rings. The normalized spacial score (nSPS) is 14.2. The average Bonchev–Trinajstić information content (AvgIpc) is 3.22. The maximum Gasteiger partial charge on any atom is 0.287 e. The molecule has 0 amide bonds. The number of thiophene rings is 1. The van der Waals surface area contributed by atoms with Crippen LogP contribution in [0.5, 0.6) is 0 Å². The summed E-state index contributed by atoms with van der Waals surface area (Å²) in [7, 11) is -4.00. The zero-order valence-corrected chi connectivity index (χ0v) is 16.4. The molecule has 2 heterocycles. The molecule has 1 aromatic carbocycles. The minimum Gasteiger partial charge on any atom is -0.287 e. The van der Waals surface area contributed by atoms with Gasteiger partial charge in [-0.05, 0) is 24.4 Å². The first-order valence-electron chi connectivity index (χ1n) is 8.36. The van der Waals surface area contributed by atoms with E-state index >= 15 is 0 Å². The number of benzene rings is 1. The standard InChI is InChI=1S/C20H14N2O4S2/c1-13-6-4-10-22(12-13)18-17(21-28(25,26)16-9-5-11-27-16)19(23)14-7-2-3-8-15(14)20(18)24/h2-12H,1H3/p+1. The summed E-state index contributed by atoms with van der Waals surface area (Å²) < 4.78 is 29.4. The van der Waals surface area contributed by atoms with Crippen molar-refractivity contribution in [1.82, 2.24) is 4.72 Å². The number of Topliss-reactive ketones (excluding diaryl/α,β-unsaturated/α-hetero) is 2. The van der Waals surface area contributed by atoms with Crippen molar-refractivity contribution in [3.8, 4) is 0 Å². The van der Waals surface area contributed by atoms with Crippen LogP contribution in [0.1, 0.15) is 26.3 Å². The van der Waals surface area contributed by atoms with Gasteiger partial charge in [0.05, 0.1) is 0 Å². The van der Waals surface area contributed by atoms with Gasteiger partial charge in [-0.25, -0.2) is 8.42 Å². The van der Waals surface area contributed by atoms with Crippen LogP contribution in [-0.4, -0.2) is 20.0 Å². The molecule has 4 rings (SSSR count). The lowest BCUT2D eigenvalue weighted by Crippen LogP contribution is -2.44. The molecule has 1 aliphatic carbocycles. The van der Waals surface area contributed by atoms with E-state index in [-0.39, 0.29) is 26.7 Å². The Morgan fingerprint density at radius 1 is 0.929 bits per heavy atom. The smallest absolute Gasteiger partial charge is 0.287 e. The number of carbonyl (C=O) groups excluding carboxylic acids is 2. The number of hydrogen-bond acceptors (Lipinski definition) is 5. The van der Waals surface area contributed by atoms with Crippen molar-refractivity contribution in [2.75, 3.05) is 0 Å². The molecule has 0 bridgehead atoms. The van der Waals surface area contributed by atoms with Crippen LogP contribution in [-0.2, 0) is 10.0 Å². The molecule has 1 N–H and O–H groups in total. The second kappa shape index (κ2) is 6.81. The fraction of sp³-hybridized carbons (Fsp3) is 0.0500. The third-order valence-electron chi connectivity index (χ3n) is 4.30. The molecule has 3 aromatic rings. The van der Waals surface area contributed by atoms with E-state index in [2.05, 4.69) is 4.72 Å². The van der Waals surface area contributed by atoms with Gasteiger partial charge in [-0.3, -0.25) is 14.3 Å². The minimum atomic E-state index is -4.00. The molecule has 28 heavy (non-hydrogen) atoms. The van der Waals surface area contributed by atoms with Crippen LogP contribution < -0.4 is 9.29 Å². The highest BCUT2D eigenvalue weighted by Gasteiger charge is 2.40. The van der Waals surface area contributed by atoms with Gasteiger partial charge in [0, 0.05) is 22.8 Å². The molecule has 0 unspecified atom stereocenters.